The van der Waals surface area contributed by atoms with Crippen LogP contribution in [0, 0.1) is 0 Å². The summed E-state index contributed by atoms with van der Waals surface area (Å²) in [6, 6.07) is -0.710. The molecule has 3 N–H and O–H groups in total. The first kappa shape index (κ1) is 61.1. The third-order valence-electron chi connectivity index (χ3n) is 12.8. The number of hydrogen-bond acceptors (Lipinski definition) is 5. The van der Waals surface area contributed by atoms with E-state index in [1.54, 1.807) is 0 Å². The highest BCUT2D eigenvalue weighted by Crippen LogP contribution is 2.18. The number of carbonyl (C=O) groups excluding carboxylic acids is 2. The lowest BCUT2D eigenvalue weighted by molar-refractivity contribution is -0.151. The van der Waals surface area contributed by atoms with E-state index < -0.39 is 18.2 Å². The predicted octanol–water partition coefficient (Wildman–Crippen LogP) is 16.8. The van der Waals surface area contributed by atoms with Crippen LogP contribution in [0.15, 0.2) is 36.5 Å². The monoisotopic (exact) mass is 886 g/mol. The van der Waals surface area contributed by atoms with Gasteiger partial charge < -0.3 is 20.3 Å². The van der Waals surface area contributed by atoms with Gasteiger partial charge >= 0.3 is 5.97 Å². The van der Waals surface area contributed by atoms with Crippen molar-refractivity contribution in [2.45, 2.75) is 309 Å². The van der Waals surface area contributed by atoms with E-state index in [0.717, 1.165) is 70.6 Å². The largest absolute Gasteiger partial charge is 0.462 e. The molecule has 0 radical (unpaired) electrons. The van der Waals surface area contributed by atoms with Crippen LogP contribution in [-0.2, 0) is 14.3 Å². The van der Waals surface area contributed by atoms with Gasteiger partial charge in [-0.25, -0.2) is 0 Å². The van der Waals surface area contributed by atoms with Gasteiger partial charge in [-0.05, 0) is 44.9 Å². The van der Waals surface area contributed by atoms with Gasteiger partial charge in [-0.15, -0.1) is 0 Å². The number of aliphatic hydroxyl groups excluding tert-OH is 2. The Hall–Kier alpha value is -1.92. The molecule has 0 saturated carbocycles. The smallest absolute Gasteiger partial charge is 0.306 e. The van der Waals surface area contributed by atoms with E-state index in [-0.39, 0.29) is 24.9 Å². The van der Waals surface area contributed by atoms with Gasteiger partial charge in [0.25, 0.3) is 0 Å². The summed E-state index contributed by atoms with van der Waals surface area (Å²) >= 11 is 0. The molecule has 370 valence electrons. The van der Waals surface area contributed by atoms with Gasteiger partial charge in [0.05, 0.1) is 25.2 Å². The standard InChI is InChI=1S/C57H107NO5/c1-4-7-10-13-16-19-22-24-26-27-28-30-32-35-38-41-44-47-50-57(62)63-53(48-45-42-39-36-33-21-18-15-12-9-6-3)51-56(61)58-54(52-59)55(60)49-46-43-40-37-34-31-29-25-23-20-17-14-11-8-5-2/h9,12,15,18,21,33,53-55,59-60H,4-8,10-11,13-14,16-17,19-20,22-32,34-52H2,1-3H3,(H,58,61)/b12-9+,18-15+,33-21-. The maximum Gasteiger partial charge on any atom is 0.306 e. The van der Waals surface area contributed by atoms with Crippen LogP contribution in [0.4, 0.5) is 0 Å². The number of unbranched alkanes of at least 4 members (excludes halogenated alkanes) is 34. The van der Waals surface area contributed by atoms with Crippen molar-refractivity contribution >= 4 is 11.9 Å². The van der Waals surface area contributed by atoms with Crippen LogP contribution in [0.5, 0.6) is 0 Å². The predicted molar refractivity (Wildman–Crippen MR) is 273 cm³/mol. The molecule has 0 bridgehead atoms. The zero-order valence-corrected chi connectivity index (χ0v) is 42.2. The fourth-order valence-electron chi connectivity index (χ4n) is 8.61. The second kappa shape index (κ2) is 51.1. The molecule has 0 aromatic rings. The second-order valence-electron chi connectivity index (χ2n) is 19.0. The van der Waals surface area contributed by atoms with E-state index in [4.69, 9.17) is 4.74 Å². The Kier molecular flexibility index (Phi) is 49.5. The maximum absolute atomic E-state index is 13.2. The molecule has 0 saturated heterocycles. The Morgan fingerprint density at radius 1 is 0.476 bits per heavy atom. The number of ether oxygens (including phenoxy) is 1. The van der Waals surface area contributed by atoms with Crippen molar-refractivity contribution in [1.29, 1.82) is 0 Å². The fraction of sp³-hybridized carbons (Fsp3) is 0.860. The highest BCUT2D eigenvalue weighted by molar-refractivity contribution is 5.77. The molecule has 0 aliphatic carbocycles. The van der Waals surface area contributed by atoms with Gasteiger partial charge in [0.1, 0.15) is 6.10 Å². The molecular formula is C57H107NO5. The van der Waals surface area contributed by atoms with Crippen molar-refractivity contribution in [1.82, 2.24) is 5.32 Å². The summed E-state index contributed by atoms with van der Waals surface area (Å²) in [7, 11) is 0. The first-order valence-electron chi connectivity index (χ1n) is 27.7. The average molecular weight is 886 g/mol. The minimum Gasteiger partial charge on any atom is -0.462 e. The average Bonchev–Trinajstić information content (AvgIpc) is 3.28. The molecule has 1 amide bonds. The Morgan fingerprint density at radius 3 is 1.29 bits per heavy atom. The van der Waals surface area contributed by atoms with Crippen molar-refractivity contribution < 1.29 is 24.5 Å². The Labute approximate surface area is 392 Å². The lowest BCUT2D eigenvalue weighted by atomic mass is 10.0. The summed E-state index contributed by atoms with van der Waals surface area (Å²) in [6.07, 6.45) is 60.8. The van der Waals surface area contributed by atoms with Gasteiger partial charge in [-0.3, -0.25) is 9.59 Å². The number of hydrogen-bond donors (Lipinski definition) is 3. The third kappa shape index (κ3) is 46.4. The molecule has 0 spiro atoms. The maximum atomic E-state index is 13.2. The molecule has 0 aromatic heterocycles. The Balaban J connectivity index is 4.46. The first-order chi connectivity index (χ1) is 31.0. The van der Waals surface area contributed by atoms with Crippen LogP contribution in [0.3, 0.4) is 0 Å². The van der Waals surface area contributed by atoms with E-state index in [1.807, 2.05) is 6.08 Å². The number of aliphatic hydroxyl groups is 2. The zero-order chi connectivity index (χ0) is 45.9. The van der Waals surface area contributed by atoms with Crippen molar-refractivity contribution in [3.05, 3.63) is 36.5 Å². The van der Waals surface area contributed by atoms with Gasteiger partial charge in [0.15, 0.2) is 0 Å². The minimum atomic E-state index is -0.794. The van der Waals surface area contributed by atoms with Gasteiger partial charge in [0, 0.05) is 6.42 Å². The summed E-state index contributed by atoms with van der Waals surface area (Å²) in [4.78, 5) is 26.2. The zero-order valence-electron chi connectivity index (χ0n) is 42.2. The quantitative estimate of drug-likeness (QED) is 0.0321. The number of allylic oxidation sites excluding steroid dienone is 6. The Morgan fingerprint density at radius 2 is 0.857 bits per heavy atom. The minimum absolute atomic E-state index is 0.0586. The molecule has 3 atom stereocenters. The Bertz CT molecular complexity index is 1040. The molecule has 0 aliphatic heterocycles. The van der Waals surface area contributed by atoms with Gasteiger partial charge in [-0.1, -0.05) is 269 Å². The second-order valence-corrected chi connectivity index (χ2v) is 19.0. The normalized spacial score (nSPS) is 13.4. The number of nitrogens with one attached hydrogen (secondary N) is 1. The third-order valence-corrected chi connectivity index (χ3v) is 12.8. The highest BCUT2D eigenvalue weighted by atomic mass is 16.5. The first-order valence-corrected chi connectivity index (χ1v) is 27.7. The highest BCUT2D eigenvalue weighted by Gasteiger charge is 2.24. The van der Waals surface area contributed by atoms with Crippen LogP contribution in [0.2, 0.25) is 0 Å². The molecule has 0 aromatic carbocycles. The van der Waals surface area contributed by atoms with Crippen molar-refractivity contribution in [2.24, 2.45) is 0 Å². The lowest BCUT2D eigenvalue weighted by Crippen LogP contribution is -2.46. The number of esters is 1. The lowest BCUT2D eigenvalue weighted by Gasteiger charge is -2.24. The number of amides is 1. The summed E-state index contributed by atoms with van der Waals surface area (Å²) in [5.74, 6) is -0.495. The summed E-state index contributed by atoms with van der Waals surface area (Å²) < 4.78 is 5.93. The molecule has 63 heavy (non-hydrogen) atoms. The van der Waals surface area contributed by atoms with Crippen molar-refractivity contribution in [2.75, 3.05) is 6.61 Å². The molecule has 0 fully saturated rings. The van der Waals surface area contributed by atoms with Crippen molar-refractivity contribution in [3.8, 4) is 0 Å². The van der Waals surface area contributed by atoms with Crippen LogP contribution in [0.1, 0.15) is 290 Å². The van der Waals surface area contributed by atoms with E-state index in [1.165, 1.54) is 173 Å². The molecule has 6 heteroatoms. The summed E-state index contributed by atoms with van der Waals surface area (Å²) in [6.45, 7) is 6.37. The molecule has 0 aliphatic rings. The topological polar surface area (TPSA) is 95.9 Å². The molecular weight excluding hydrogens is 779 g/mol. The van der Waals surface area contributed by atoms with E-state index in [0.29, 0.717) is 19.3 Å². The van der Waals surface area contributed by atoms with Crippen LogP contribution in [0.25, 0.3) is 0 Å². The van der Waals surface area contributed by atoms with E-state index >= 15 is 0 Å². The fourth-order valence-corrected chi connectivity index (χ4v) is 8.61. The van der Waals surface area contributed by atoms with Crippen LogP contribution < -0.4 is 5.32 Å². The van der Waals surface area contributed by atoms with E-state index in [9.17, 15) is 19.8 Å². The molecule has 3 unspecified atom stereocenters. The number of rotatable bonds is 50. The molecule has 0 rings (SSSR count). The number of carbonyl (C=O) groups is 2. The van der Waals surface area contributed by atoms with E-state index in [2.05, 4.69) is 56.5 Å². The van der Waals surface area contributed by atoms with Crippen molar-refractivity contribution in [3.63, 3.8) is 0 Å². The van der Waals surface area contributed by atoms with Gasteiger partial charge in [-0.2, -0.15) is 0 Å². The SMILES string of the molecule is CC/C=C/C=C/C=C\CCCCCC(CC(=O)NC(CO)C(O)CCCCCCCCCCCCCCCCC)OC(=O)CCCCCCCCCCCCCCCCCCCC. The summed E-state index contributed by atoms with van der Waals surface area (Å²) in [5, 5.41) is 23.8. The van der Waals surface area contributed by atoms with Crippen LogP contribution >= 0.6 is 0 Å². The van der Waals surface area contributed by atoms with Gasteiger partial charge in [0.2, 0.25) is 5.91 Å². The molecule has 0 heterocycles. The van der Waals surface area contributed by atoms with Crippen LogP contribution in [-0.4, -0.2) is 46.9 Å². The summed E-state index contributed by atoms with van der Waals surface area (Å²) in [5.41, 5.74) is 0. The molecule has 6 nitrogen and oxygen atoms in total.